The van der Waals surface area contributed by atoms with E-state index in [2.05, 4.69) is 48.1 Å². The van der Waals surface area contributed by atoms with Crippen LogP contribution in [0.25, 0.3) is 0 Å². The summed E-state index contributed by atoms with van der Waals surface area (Å²) in [6.07, 6.45) is 0. The monoisotopic (exact) mass is 260 g/mol. The van der Waals surface area contributed by atoms with Crippen molar-refractivity contribution in [1.29, 1.82) is 0 Å². The van der Waals surface area contributed by atoms with Gasteiger partial charge in [-0.05, 0) is 0 Å². The molecule has 0 unspecified atom stereocenters. The van der Waals surface area contributed by atoms with Crippen LogP contribution in [-0.4, -0.2) is 13.6 Å². The molecule has 0 aromatic rings. The molecule has 0 fully saturated rings. The van der Waals surface area contributed by atoms with Crippen molar-refractivity contribution in [2.75, 3.05) is 0 Å². The van der Waals surface area contributed by atoms with Crippen molar-refractivity contribution >= 4 is 13.6 Å². The van der Waals surface area contributed by atoms with E-state index in [-0.39, 0.29) is 5.41 Å². The van der Waals surface area contributed by atoms with Gasteiger partial charge in [-0.15, -0.1) is 0 Å². The van der Waals surface area contributed by atoms with Crippen molar-refractivity contribution in [2.45, 2.75) is 57.3 Å². The van der Waals surface area contributed by atoms with E-state index in [9.17, 15) is 0 Å². The fourth-order valence-electron chi connectivity index (χ4n) is 1.38. The molecule has 0 N–H and O–H groups in total. The first kappa shape index (κ1) is 14.1. The second kappa shape index (κ2) is 5.25. The second-order valence-electron chi connectivity index (χ2n) is 5.02. The van der Waals surface area contributed by atoms with Crippen molar-refractivity contribution in [3.05, 3.63) is 12.3 Å². The van der Waals surface area contributed by atoms with Gasteiger partial charge in [0.1, 0.15) is 0 Å². The maximum atomic E-state index is 6.24. The van der Waals surface area contributed by atoms with Crippen LogP contribution in [0.3, 0.4) is 0 Å². The molecule has 14 heavy (non-hydrogen) atoms. The summed E-state index contributed by atoms with van der Waals surface area (Å²) in [6.45, 7) is 17.4. The molecule has 0 saturated heterocycles. The predicted octanol–water partition coefficient (Wildman–Crippen LogP) is 4.57. The Hall–Kier alpha value is 0.0829. The summed E-state index contributed by atoms with van der Waals surface area (Å²) in [6, 6.07) is 0. The van der Waals surface area contributed by atoms with E-state index in [4.69, 9.17) is 3.76 Å². The molecule has 0 bridgehead atoms. The van der Waals surface area contributed by atoms with E-state index in [1.807, 2.05) is 0 Å². The Morgan fingerprint density at radius 1 is 1.07 bits per heavy atom. The number of allylic oxidation sites excluding steroid dienone is 1. The van der Waals surface area contributed by atoms with Gasteiger partial charge in [-0.1, -0.05) is 0 Å². The average molecular weight is 259 g/mol. The Balaban J connectivity index is 4.54. The first-order chi connectivity index (χ1) is 6.31. The minimum atomic E-state index is -2.01. The van der Waals surface area contributed by atoms with Crippen LogP contribution >= 0.6 is 0 Å². The predicted molar refractivity (Wildman–Crippen MR) is 66.9 cm³/mol. The molecule has 0 amide bonds. The van der Waals surface area contributed by atoms with Crippen LogP contribution in [0.5, 0.6) is 0 Å². The average Bonchev–Trinajstić information content (AvgIpc) is 2.12. The van der Waals surface area contributed by atoms with E-state index >= 15 is 0 Å². The first-order valence-electron chi connectivity index (χ1n) is 5.69. The molecular weight excluding hydrogens is 233 g/mol. The Morgan fingerprint density at radius 2 is 1.43 bits per heavy atom. The molecular formula is C12H26GeO. The van der Waals surface area contributed by atoms with Crippen molar-refractivity contribution < 1.29 is 3.76 Å². The molecule has 0 saturated carbocycles. The quantitative estimate of drug-likeness (QED) is 0.519. The zero-order chi connectivity index (χ0) is 11.4. The van der Waals surface area contributed by atoms with Gasteiger partial charge in [0.25, 0.3) is 0 Å². The summed E-state index contributed by atoms with van der Waals surface area (Å²) < 4.78 is 6.24. The van der Waals surface area contributed by atoms with Crippen LogP contribution in [0, 0.1) is 5.41 Å². The molecule has 1 nitrogen and oxygen atoms in total. The molecule has 0 aromatic heterocycles. The fourth-order valence-corrected chi connectivity index (χ4v) is 7.18. The molecule has 0 aliphatic rings. The third-order valence-corrected chi connectivity index (χ3v) is 12.6. The molecule has 0 heterocycles. The first-order valence-corrected chi connectivity index (χ1v) is 11.0. The molecule has 0 aromatic carbocycles. The SMILES string of the molecule is C=C([O][Ge]([CH2]C)([CH2]C)[CH2]C)C(C)(C)C. The van der Waals surface area contributed by atoms with Crippen molar-refractivity contribution in [3.63, 3.8) is 0 Å². The van der Waals surface area contributed by atoms with Gasteiger partial charge in [-0.2, -0.15) is 0 Å². The van der Waals surface area contributed by atoms with Crippen molar-refractivity contribution in [3.8, 4) is 0 Å². The third-order valence-electron chi connectivity index (χ3n) is 3.11. The van der Waals surface area contributed by atoms with Gasteiger partial charge >= 0.3 is 92.4 Å². The molecule has 84 valence electrons. The molecule has 0 aliphatic carbocycles. The van der Waals surface area contributed by atoms with Crippen LogP contribution in [0.4, 0.5) is 0 Å². The summed E-state index contributed by atoms with van der Waals surface area (Å²) in [4.78, 5) is 0. The molecule has 0 radical (unpaired) electrons. The van der Waals surface area contributed by atoms with Gasteiger partial charge in [-0.25, -0.2) is 0 Å². The summed E-state index contributed by atoms with van der Waals surface area (Å²) in [5.74, 6) is 0.989. The van der Waals surface area contributed by atoms with Gasteiger partial charge in [0.05, 0.1) is 0 Å². The number of hydrogen-bond acceptors (Lipinski definition) is 1. The number of hydrogen-bond donors (Lipinski definition) is 0. The zero-order valence-corrected chi connectivity index (χ0v) is 12.8. The van der Waals surface area contributed by atoms with E-state index < -0.39 is 13.6 Å². The minimum absolute atomic E-state index is 0.0933. The van der Waals surface area contributed by atoms with E-state index in [0.29, 0.717) is 0 Å². The molecule has 0 atom stereocenters. The maximum absolute atomic E-state index is 6.24. The van der Waals surface area contributed by atoms with Crippen LogP contribution in [0.1, 0.15) is 41.5 Å². The Labute approximate surface area is 92.6 Å². The second-order valence-corrected chi connectivity index (χ2v) is 14.9. The Kier molecular flexibility index (Phi) is 5.28. The molecule has 2 heteroatoms. The van der Waals surface area contributed by atoms with Gasteiger partial charge in [0.15, 0.2) is 0 Å². The standard InChI is InChI=1S/C12H26GeO/c1-8-13(9-2,10-3)14-11(4)12(5,6)7/h4,8-10H2,1-3,5-7H3. The Bertz CT molecular complexity index is 179. The van der Waals surface area contributed by atoms with E-state index in [0.717, 1.165) is 5.76 Å². The van der Waals surface area contributed by atoms with E-state index in [1.54, 1.807) is 0 Å². The van der Waals surface area contributed by atoms with Gasteiger partial charge in [0, 0.05) is 0 Å². The van der Waals surface area contributed by atoms with Gasteiger partial charge < -0.3 is 0 Å². The van der Waals surface area contributed by atoms with E-state index in [1.165, 1.54) is 15.8 Å². The van der Waals surface area contributed by atoms with Gasteiger partial charge in [0.2, 0.25) is 0 Å². The number of rotatable bonds is 5. The summed E-state index contributed by atoms with van der Waals surface area (Å²) in [5.41, 5.74) is 0.0933. The Morgan fingerprint density at radius 3 is 1.64 bits per heavy atom. The van der Waals surface area contributed by atoms with Gasteiger partial charge in [-0.3, -0.25) is 0 Å². The fraction of sp³-hybridized carbons (Fsp3) is 0.833. The molecule has 0 rings (SSSR count). The zero-order valence-electron chi connectivity index (χ0n) is 10.7. The normalized spacial score (nSPS) is 12.7. The summed E-state index contributed by atoms with van der Waals surface area (Å²) in [5, 5.41) is 3.71. The van der Waals surface area contributed by atoms with Crippen molar-refractivity contribution in [2.24, 2.45) is 5.41 Å². The molecule has 0 spiro atoms. The topological polar surface area (TPSA) is 9.23 Å². The van der Waals surface area contributed by atoms with Crippen molar-refractivity contribution in [1.82, 2.24) is 0 Å². The summed E-state index contributed by atoms with van der Waals surface area (Å²) in [7, 11) is 0. The van der Waals surface area contributed by atoms with Crippen LogP contribution in [0.15, 0.2) is 12.3 Å². The third kappa shape index (κ3) is 3.68. The van der Waals surface area contributed by atoms with Crippen LogP contribution < -0.4 is 0 Å². The van der Waals surface area contributed by atoms with Crippen LogP contribution in [-0.2, 0) is 3.76 Å². The summed E-state index contributed by atoms with van der Waals surface area (Å²) >= 11 is -2.01. The van der Waals surface area contributed by atoms with Crippen LogP contribution in [0.2, 0.25) is 15.8 Å². The molecule has 0 aliphatic heterocycles.